The van der Waals surface area contributed by atoms with E-state index in [0.717, 1.165) is 24.6 Å². The first-order valence-corrected chi connectivity index (χ1v) is 9.71. The van der Waals surface area contributed by atoms with Crippen LogP contribution in [0.15, 0.2) is 56.7 Å². The number of amides is 1. The van der Waals surface area contributed by atoms with Gasteiger partial charge in [-0.25, -0.2) is 4.79 Å². The van der Waals surface area contributed by atoms with Crippen LogP contribution in [0.4, 0.5) is 5.69 Å². The van der Waals surface area contributed by atoms with Crippen LogP contribution in [0.3, 0.4) is 0 Å². The molecular formula is C19H19N3O5S. The third kappa shape index (κ3) is 5.46. The minimum Gasteiger partial charge on any atom is -0.462 e. The van der Waals surface area contributed by atoms with Crippen molar-refractivity contribution in [3.05, 3.63) is 48.2 Å². The van der Waals surface area contributed by atoms with Crippen LogP contribution in [-0.2, 0) is 9.53 Å². The normalized spacial score (nSPS) is 10.6. The Morgan fingerprint density at radius 1 is 1.18 bits per heavy atom. The van der Waals surface area contributed by atoms with Gasteiger partial charge in [-0.2, -0.15) is 0 Å². The van der Waals surface area contributed by atoms with Crippen LogP contribution in [0.2, 0.25) is 0 Å². The molecule has 0 saturated carbocycles. The van der Waals surface area contributed by atoms with Gasteiger partial charge in [0.1, 0.15) is 0 Å². The summed E-state index contributed by atoms with van der Waals surface area (Å²) in [6.07, 6.45) is 3.31. The Kier molecular flexibility index (Phi) is 6.85. The van der Waals surface area contributed by atoms with Gasteiger partial charge < -0.3 is 18.9 Å². The Bertz CT molecular complexity index is 906. The number of ether oxygens (including phenoxy) is 1. The number of carbonyl (C=O) groups excluding carboxylic acids is 2. The molecular weight excluding hydrogens is 382 g/mol. The van der Waals surface area contributed by atoms with Gasteiger partial charge in [0.05, 0.1) is 24.2 Å². The zero-order chi connectivity index (χ0) is 19.8. The fourth-order valence-corrected chi connectivity index (χ4v) is 2.74. The van der Waals surface area contributed by atoms with Gasteiger partial charge in [0.25, 0.3) is 11.1 Å². The van der Waals surface area contributed by atoms with E-state index in [-0.39, 0.29) is 28.7 Å². The third-order valence-electron chi connectivity index (χ3n) is 3.60. The number of furan rings is 1. The second-order valence-corrected chi connectivity index (χ2v) is 6.68. The average molecular weight is 401 g/mol. The molecule has 1 amide bonds. The fraction of sp³-hybridized carbons (Fsp3) is 0.263. The van der Waals surface area contributed by atoms with E-state index in [4.69, 9.17) is 13.6 Å². The number of esters is 1. The zero-order valence-corrected chi connectivity index (χ0v) is 16.0. The number of benzene rings is 1. The van der Waals surface area contributed by atoms with Crippen LogP contribution >= 0.6 is 11.8 Å². The van der Waals surface area contributed by atoms with Crippen molar-refractivity contribution in [2.24, 2.45) is 0 Å². The Morgan fingerprint density at radius 2 is 2.00 bits per heavy atom. The number of hydrogen-bond acceptors (Lipinski definition) is 8. The first-order chi connectivity index (χ1) is 13.7. The van der Waals surface area contributed by atoms with Gasteiger partial charge in [0.2, 0.25) is 5.91 Å². The summed E-state index contributed by atoms with van der Waals surface area (Å²) in [6, 6.07) is 9.96. The first-order valence-electron chi connectivity index (χ1n) is 8.73. The highest BCUT2D eigenvalue weighted by Gasteiger charge is 2.13. The summed E-state index contributed by atoms with van der Waals surface area (Å²) < 4.78 is 15.7. The molecule has 1 aromatic carbocycles. The minimum atomic E-state index is -0.370. The van der Waals surface area contributed by atoms with E-state index in [1.807, 2.05) is 6.92 Å². The van der Waals surface area contributed by atoms with Crippen LogP contribution in [0.25, 0.3) is 11.7 Å². The first kappa shape index (κ1) is 19.7. The van der Waals surface area contributed by atoms with E-state index in [9.17, 15) is 9.59 Å². The Balaban J connectivity index is 1.46. The van der Waals surface area contributed by atoms with Gasteiger partial charge in [-0.3, -0.25) is 4.79 Å². The molecule has 2 aromatic heterocycles. The van der Waals surface area contributed by atoms with Gasteiger partial charge in [-0.15, -0.1) is 10.2 Å². The molecule has 0 bridgehead atoms. The summed E-state index contributed by atoms with van der Waals surface area (Å²) in [7, 11) is 0. The molecule has 146 valence electrons. The van der Waals surface area contributed by atoms with Crippen LogP contribution in [-0.4, -0.2) is 34.4 Å². The van der Waals surface area contributed by atoms with Gasteiger partial charge in [0, 0.05) is 5.69 Å². The minimum absolute atomic E-state index is 0.0978. The molecule has 28 heavy (non-hydrogen) atoms. The Labute approximate surface area is 165 Å². The highest BCUT2D eigenvalue weighted by atomic mass is 32.2. The monoisotopic (exact) mass is 401 g/mol. The lowest BCUT2D eigenvalue weighted by Crippen LogP contribution is -2.14. The van der Waals surface area contributed by atoms with Crippen LogP contribution in [0, 0.1) is 0 Å². The number of anilines is 1. The second-order valence-electron chi connectivity index (χ2n) is 5.75. The molecule has 0 aliphatic rings. The maximum Gasteiger partial charge on any atom is 0.338 e. The lowest BCUT2D eigenvalue weighted by molar-refractivity contribution is -0.113. The fourth-order valence-electron chi connectivity index (χ4n) is 2.17. The number of nitrogens with zero attached hydrogens (tertiary/aromatic N) is 2. The maximum atomic E-state index is 12.1. The molecule has 1 N–H and O–H groups in total. The summed E-state index contributed by atoms with van der Waals surface area (Å²) in [5.41, 5.74) is 1.03. The SMILES string of the molecule is CCCCOC(=O)c1ccc(NC(=O)CSc2nnc(-c3ccco3)o2)cc1. The lowest BCUT2D eigenvalue weighted by atomic mass is 10.2. The van der Waals surface area contributed by atoms with Crippen molar-refractivity contribution in [1.82, 2.24) is 10.2 Å². The van der Waals surface area contributed by atoms with E-state index in [1.54, 1.807) is 36.4 Å². The molecule has 2 heterocycles. The Hall–Kier alpha value is -3.07. The summed E-state index contributed by atoms with van der Waals surface area (Å²) >= 11 is 1.12. The van der Waals surface area contributed by atoms with Gasteiger partial charge in [0.15, 0.2) is 5.76 Å². The molecule has 0 saturated heterocycles. The predicted molar refractivity (Wildman–Crippen MR) is 103 cm³/mol. The van der Waals surface area contributed by atoms with Crippen molar-refractivity contribution in [3.63, 3.8) is 0 Å². The van der Waals surface area contributed by atoms with E-state index in [2.05, 4.69) is 15.5 Å². The molecule has 0 aliphatic heterocycles. The van der Waals surface area contributed by atoms with Gasteiger partial charge in [-0.1, -0.05) is 25.1 Å². The number of rotatable bonds is 9. The molecule has 0 unspecified atom stereocenters. The molecule has 3 aromatic rings. The van der Waals surface area contributed by atoms with Crippen molar-refractivity contribution < 1.29 is 23.2 Å². The standard InChI is InChI=1S/C19H19N3O5S/c1-2-3-10-26-18(24)13-6-8-14(9-7-13)20-16(23)12-28-19-22-21-17(27-19)15-5-4-11-25-15/h4-9,11H,2-3,10,12H2,1H3,(H,20,23). The molecule has 0 aliphatic carbocycles. The van der Waals surface area contributed by atoms with Crippen molar-refractivity contribution in [3.8, 4) is 11.7 Å². The third-order valence-corrected chi connectivity index (χ3v) is 4.42. The molecule has 0 radical (unpaired) electrons. The van der Waals surface area contributed by atoms with Gasteiger partial charge in [-0.05, 0) is 42.8 Å². The number of aromatic nitrogens is 2. The summed E-state index contributed by atoms with van der Waals surface area (Å²) in [5, 5.41) is 10.7. The van der Waals surface area contributed by atoms with E-state index < -0.39 is 0 Å². The van der Waals surface area contributed by atoms with E-state index in [1.165, 1.54) is 6.26 Å². The quantitative estimate of drug-likeness (QED) is 0.325. The number of thioether (sulfide) groups is 1. The highest BCUT2D eigenvalue weighted by Crippen LogP contribution is 2.23. The highest BCUT2D eigenvalue weighted by molar-refractivity contribution is 7.99. The van der Waals surface area contributed by atoms with E-state index >= 15 is 0 Å². The number of unbranched alkanes of at least 4 members (excludes halogenated alkanes) is 1. The Morgan fingerprint density at radius 3 is 2.71 bits per heavy atom. The second kappa shape index (κ2) is 9.75. The summed E-state index contributed by atoms with van der Waals surface area (Å²) in [5.74, 6) is 0.221. The lowest BCUT2D eigenvalue weighted by Gasteiger charge is -2.06. The van der Waals surface area contributed by atoms with Crippen LogP contribution in [0.5, 0.6) is 0 Å². The predicted octanol–water partition coefficient (Wildman–Crippen LogP) is 4.02. The van der Waals surface area contributed by atoms with Gasteiger partial charge >= 0.3 is 5.97 Å². The van der Waals surface area contributed by atoms with E-state index in [0.29, 0.717) is 23.6 Å². The molecule has 0 atom stereocenters. The number of nitrogens with one attached hydrogen (secondary N) is 1. The number of carbonyl (C=O) groups is 2. The largest absolute Gasteiger partial charge is 0.462 e. The zero-order valence-electron chi connectivity index (χ0n) is 15.2. The van der Waals surface area contributed by atoms with Crippen molar-refractivity contribution >= 4 is 29.3 Å². The summed E-state index contributed by atoms with van der Waals surface area (Å²) in [4.78, 5) is 23.9. The smallest absolute Gasteiger partial charge is 0.338 e. The van der Waals surface area contributed by atoms with Crippen molar-refractivity contribution in [2.75, 3.05) is 17.7 Å². The van der Waals surface area contributed by atoms with Crippen LogP contribution < -0.4 is 5.32 Å². The maximum absolute atomic E-state index is 12.1. The van der Waals surface area contributed by atoms with Crippen molar-refractivity contribution in [2.45, 2.75) is 25.0 Å². The number of hydrogen-bond donors (Lipinski definition) is 1. The molecule has 3 rings (SSSR count). The van der Waals surface area contributed by atoms with Crippen molar-refractivity contribution in [1.29, 1.82) is 0 Å². The topological polar surface area (TPSA) is 107 Å². The molecule has 9 heteroatoms. The molecule has 8 nitrogen and oxygen atoms in total. The summed E-state index contributed by atoms with van der Waals surface area (Å²) in [6.45, 7) is 2.43. The van der Waals surface area contributed by atoms with Crippen LogP contribution in [0.1, 0.15) is 30.1 Å². The molecule has 0 fully saturated rings. The average Bonchev–Trinajstić information content (AvgIpc) is 3.39. The molecule has 0 spiro atoms.